The van der Waals surface area contributed by atoms with Crippen LogP contribution in [0, 0.1) is 11.8 Å². The molecule has 2 aliphatic carbocycles. The molecule has 0 spiro atoms. The first-order valence-corrected chi connectivity index (χ1v) is 29.2. The highest BCUT2D eigenvalue weighted by atomic mass is 32.1. The molecule has 20 heteroatoms. The Balaban J connectivity index is 0.943. The van der Waals surface area contributed by atoms with E-state index in [1.54, 1.807) is 170 Å². The van der Waals surface area contributed by atoms with Gasteiger partial charge in [-0.25, -0.2) is 39.1 Å². The molecule has 0 bridgehead atoms. The third kappa shape index (κ3) is 9.41. The number of ether oxygens (including phenoxy) is 6. The molecule has 18 nitrogen and oxygen atoms in total. The fourth-order valence-electron chi connectivity index (χ4n) is 11.0. The summed E-state index contributed by atoms with van der Waals surface area (Å²) in [5.41, 5.74) is -5.88. The summed E-state index contributed by atoms with van der Waals surface area (Å²) in [6.45, 7) is -1.22. The second kappa shape index (κ2) is 22.1. The summed E-state index contributed by atoms with van der Waals surface area (Å²) < 4.78 is 37.5. The number of benzene rings is 6. The van der Waals surface area contributed by atoms with Crippen molar-refractivity contribution >= 4 is 89.5 Å². The average molecular weight is 1200 g/mol. The molecule has 14 rings (SSSR count). The van der Waals surface area contributed by atoms with Gasteiger partial charge in [-0.15, -0.1) is 0 Å². The smallest absolute Gasteiger partial charge is 0.369 e. The van der Waals surface area contributed by atoms with Crippen molar-refractivity contribution in [2.24, 2.45) is 21.8 Å². The van der Waals surface area contributed by atoms with Gasteiger partial charge in [0.15, 0.2) is 10.7 Å². The van der Waals surface area contributed by atoms with Crippen molar-refractivity contribution in [3.8, 4) is 0 Å². The molecule has 0 radical (unpaired) electrons. The Hall–Kier alpha value is -11.0. The molecular weight excluding hydrogens is 1160 g/mol. The van der Waals surface area contributed by atoms with Gasteiger partial charge in [0.05, 0.1) is 9.75 Å². The lowest BCUT2D eigenvalue weighted by Gasteiger charge is -2.40. The Morgan fingerprint density at radius 2 is 0.670 bits per heavy atom. The fourth-order valence-corrected chi connectivity index (χ4v) is 13.1. The SMILES string of the molecule is O=C(OCc1ccccc1)C1(C(=O)OCc2ccccc2)OC2=CC3C=C4C(=CC3C=C2c2sc(N=c3c(=O)c5ccccc5c3=O)nc21)OC(C(=O)OCc1ccccc1)(C(=O)OCc1ccccc1)c1nc(N=c2c(=O)c3ccccc3c2=O)sc14. The first-order chi connectivity index (χ1) is 42.9. The van der Waals surface area contributed by atoms with Crippen LogP contribution in [0.15, 0.2) is 235 Å². The Morgan fingerprint density at radius 1 is 0.398 bits per heavy atom. The van der Waals surface area contributed by atoms with Crippen molar-refractivity contribution in [2.45, 2.75) is 37.6 Å². The monoisotopic (exact) mass is 1200 g/mol. The van der Waals surface area contributed by atoms with Gasteiger partial charge in [0.1, 0.15) is 49.3 Å². The molecule has 10 aromatic rings. The number of esters is 4. The topological polar surface area (TPSA) is 242 Å². The molecule has 2 aromatic heterocycles. The van der Waals surface area contributed by atoms with Crippen molar-refractivity contribution in [3.05, 3.63) is 301 Å². The molecule has 430 valence electrons. The van der Waals surface area contributed by atoms with Crippen LogP contribution in [0.3, 0.4) is 0 Å². The molecular formula is C68H42N4O14S2. The maximum atomic E-state index is 15.2. The zero-order valence-corrected chi connectivity index (χ0v) is 47.4. The molecule has 8 aromatic carbocycles. The molecule has 0 fully saturated rings. The minimum absolute atomic E-state index is 0.00598. The third-order valence-corrected chi connectivity index (χ3v) is 17.4. The standard InChI is InChI=1S/C68H42N4O14S2/c73-53-43-25-13-14-26-44(43)54(74)51(53)69-65-71-59-57(87-65)47-29-42-32-50-48(30-41(42)31-49(47)85-67(59,61(77)81-33-37-17-5-1-6-18-37)62(78)82-34-38-19-7-2-8-20-38)58-60(72-66(88-58)70-52-55(75)45-27-15-16-28-46(45)56(52)76)68(86-50,63(79)83-35-39-21-9-3-10-22-39)64(80)84-36-40-23-11-4-12-24-40/h1-32,41-42H,33-36H2. The van der Waals surface area contributed by atoms with E-state index in [4.69, 9.17) is 38.4 Å². The number of carbonyl (C=O) groups is 4. The van der Waals surface area contributed by atoms with Gasteiger partial charge in [-0.3, -0.25) is 19.2 Å². The number of aromatic nitrogens is 2. The maximum Gasteiger partial charge on any atom is 0.369 e. The Kier molecular flexibility index (Phi) is 13.8. The van der Waals surface area contributed by atoms with Gasteiger partial charge >= 0.3 is 35.1 Å². The molecule has 0 amide bonds. The summed E-state index contributed by atoms with van der Waals surface area (Å²) in [5, 5.41) is -0.673. The van der Waals surface area contributed by atoms with E-state index in [-0.39, 0.29) is 90.9 Å². The Morgan fingerprint density at radius 3 is 0.955 bits per heavy atom. The van der Waals surface area contributed by atoms with Crippen molar-refractivity contribution in [3.63, 3.8) is 0 Å². The molecule has 2 aliphatic heterocycles. The van der Waals surface area contributed by atoms with Crippen LogP contribution in [0.4, 0.5) is 10.3 Å². The highest BCUT2D eigenvalue weighted by Crippen LogP contribution is 2.56. The van der Waals surface area contributed by atoms with Gasteiger partial charge in [-0.05, 0) is 34.4 Å². The number of hydrogen-bond acceptors (Lipinski definition) is 20. The van der Waals surface area contributed by atoms with Gasteiger partial charge in [0.2, 0.25) is 32.0 Å². The molecule has 0 saturated carbocycles. The molecule has 2 unspecified atom stereocenters. The summed E-state index contributed by atoms with van der Waals surface area (Å²) in [6, 6.07) is 47.6. The summed E-state index contributed by atoms with van der Waals surface area (Å²) in [6.07, 6.45) is 6.84. The van der Waals surface area contributed by atoms with E-state index in [1.165, 1.54) is 24.3 Å². The van der Waals surface area contributed by atoms with E-state index in [0.29, 0.717) is 33.4 Å². The number of hydrogen-bond donors (Lipinski definition) is 0. The number of allylic oxidation sites excluding steroid dienone is 6. The summed E-state index contributed by atoms with van der Waals surface area (Å²) >= 11 is 1.74. The maximum absolute atomic E-state index is 15.2. The third-order valence-electron chi connectivity index (χ3n) is 15.4. The minimum atomic E-state index is -2.79. The second-order valence-corrected chi connectivity index (χ2v) is 22.8. The van der Waals surface area contributed by atoms with Crippen LogP contribution < -0.4 is 32.4 Å². The van der Waals surface area contributed by atoms with Gasteiger partial charge in [-0.1, -0.05) is 205 Å². The lowest BCUT2D eigenvalue weighted by atomic mass is 9.76. The van der Waals surface area contributed by atoms with E-state index < -0.39 is 79.3 Å². The lowest BCUT2D eigenvalue weighted by molar-refractivity contribution is -0.191. The number of fused-ring (bicyclic) bond motifs is 9. The van der Waals surface area contributed by atoms with E-state index >= 15 is 19.2 Å². The van der Waals surface area contributed by atoms with Gasteiger partial charge in [0.25, 0.3) is 0 Å². The number of nitrogens with zero attached hydrogens (tertiary/aromatic N) is 4. The van der Waals surface area contributed by atoms with Gasteiger partial charge in [-0.2, -0.15) is 0 Å². The first-order valence-electron chi connectivity index (χ1n) is 27.6. The largest absolute Gasteiger partial charge is 0.458 e. The molecule has 2 atom stereocenters. The Labute approximate surface area is 504 Å². The second-order valence-electron chi connectivity index (χ2n) is 20.9. The average Bonchev–Trinajstić information content (AvgIpc) is 1.37. The molecule has 0 saturated heterocycles. The predicted molar refractivity (Wildman–Crippen MR) is 322 cm³/mol. The van der Waals surface area contributed by atoms with Crippen LogP contribution in [-0.4, -0.2) is 33.8 Å². The summed E-state index contributed by atoms with van der Waals surface area (Å²) in [5.74, 6) is -6.29. The molecule has 4 heterocycles. The fraction of sp³-hybridized carbons (Fsp3) is 0.118. The highest BCUT2D eigenvalue weighted by Gasteiger charge is 2.63. The van der Waals surface area contributed by atoms with Crippen LogP contribution in [0.5, 0.6) is 0 Å². The zero-order valence-electron chi connectivity index (χ0n) is 45.8. The van der Waals surface area contributed by atoms with E-state index in [1.807, 2.05) is 0 Å². The van der Waals surface area contributed by atoms with E-state index in [9.17, 15) is 19.2 Å². The minimum Gasteiger partial charge on any atom is -0.458 e. The van der Waals surface area contributed by atoms with Crippen molar-refractivity contribution in [1.82, 2.24) is 9.97 Å². The normalized spacial score (nSPS) is 16.5. The van der Waals surface area contributed by atoms with Crippen molar-refractivity contribution < 1.29 is 47.6 Å². The predicted octanol–water partition coefficient (Wildman–Crippen LogP) is 8.48. The van der Waals surface area contributed by atoms with Crippen LogP contribution in [0.2, 0.25) is 0 Å². The Bertz CT molecular complexity index is 4490. The van der Waals surface area contributed by atoms with Crippen LogP contribution in [0.25, 0.3) is 32.7 Å². The van der Waals surface area contributed by atoms with Crippen LogP contribution >= 0.6 is 22.7 Å². The quantitative estimate of drug-likeness (QED) is 0.0563. The van der Waals surface area contributed by atoms with Gasteiger partial charge in [0, 0.05) is 44.5 Å². The number of thiazole rings is 2. The summed E-state index contributed by atoms with van der Waals surface area (Å²) in [4.78, 5) is 135. The zero-order chi connectivity index (χ0) is 60.3. The van der Waals surface area contributed by atoms with Crippen molar-refractivity contribution in [2.75, 3.05) is 0 Å². The van der Waals surface area contributed by atoms with E-state index in [0.717, 1.165) is 22.7 Å². The molecule has 4 aliphatic rings. The summed E-state index contributed by atoms with van der Waals surface area (Å²) in [7, 11) is 0. The van der Waals surface area contributed by atoms with E-state index in [2.05, 4.69) is 9.98 Å². The number of rotatable bonds is 14. The molecule has 0 N–H and O–H groups in total. The number of carbonyl (C=O) groups excluding carboxylic acids is 4. The van der Waals surface area contributed by atoms with Crippen LogP contribution in [-0.2, 0) is 85.2 Å². The molecule has 88 heavy (non-hydrogen) atoms. The first kappa shape index (κ1) is 54.9. The lowest BCUT2D eigenvalue weighted by Crippen LogP contribution is -2.51. The van der Waals surface area contributed by atoms with Crippen LogP contribution in [0.1, 0.15) is 43.4 Å². The van der Waals surface area contributed by atoms with Gasteiger partial charge < -0.3 is 28.4 Å². The highest BCUT2D eigenvalue weighted by molar-refractivity contribution is 7.17. The van der Waals surface area contributed by atoms with Crippen molar-refractivity contribution in [1.29, 1.82) is 0 Å².